The number of nitrogens with zero attached hydrogens (tertiary/aromatic N) is 5. The molecule has 2 aromatic heterocycles. The van der Waals surface area contributed by atoms with Crippen LogP contribution in [-0.2, 0) is 11.3 Å². The van der Waals surface area contributed by atoms with Crippen molar-refractivity contribution in [3.8, 4) is 0 Å². The van der Waals surface area contributed by atoms with E-state index in [1.807, 2.05) is 23.2 Å². The first-order valence-electron chi connectivity index (χ1n) is 6.47. The number of likely N-dealkylation sites (tertiary alicyclic amines) is 1. The Bertz CT molecular complexity index is 687. The van der Waals surface area contributed by atoms with Crippen LogP contribution in [-0.4, -0.2) is 33.9 Å². The zero-order valence-corrected chi connectivity index (χ0v) is 10.9. The Morgan fingerprint density at radius 2 is 2.50 bits per heavy atom. The number of amides is 1. The van der Waals surface area contributed by atoms with E-state index in [-0.39, 0.29) is 11.8 Å². The number of aromatic amines is 1. The molecule has 7 heteroatoms. The number of azide groups is 1. The monoisotopic (exact) mass is 270 g/mol. The molecule has 0 aliphatic carbocycles. The van der Waals surface area contributed by atoms with Crippen LogP contribution in [0.25, 0.3) is 21.5 Å². The molecule has 0 saturated carbocycles. The third kappa shape index (κ3) is 2.31. The number of nitrogens with one attached hydrogen (secondary N) is 1. The van der Waals surface area contributed by atoms with Gasteiger partial charge in [-0.05, 0) is 29.1 Å². The summed E-state index contributed by atoms with van der Waals surface area (Å²) in [6, 6.07) is 3.88. The summed E-state index contributed by atoms with van der Waals surface area (Å²) in [5, 5.41) is 4.60. The molecule has 1 aliphatic rings. The quantitative estimate of drug-likeness (QED) is 0.523. The Labute approximate surface area is 115 Å². The van der Waals surface area contributed by atoms with Crippen LogP contribution in [0.3, 0.4) is 0 Å². The maximum Gasteiger partial charge on any atom is 0.223 e. The number of rotatable bonds is 4. The third-order valence-corrected chi connectivity index (χ3v) is 3.60. The molecule has 0 aromatic carbocycles. The summed E-state index contributed by atoms with van der Waals surface area (Å²) < 4.78 is 0. The number of fused-ring (bicyclic) bond motifs is 1. The number of H-pyrrole nitrogens is 1. The normalized spacial score (nSPS) is 18.5. The van der Waals surface area contributed by atoms with Crippen molar-refractivity contribution >= 4 is 16.9 Å². The molecule has 1 N–H and O–H groups in total. The predicted octanol–water partition coefficient (Wildman–Crippen LogP) is 2.22. The van der Waals surface area contributed by atoms with Crippen molar-refractivity contribution in [2.75, 3.05) is 13.1 Å². The average molecular weight is 270 g/mol. The molecule has 102 valence electrons. The Hall–Kier alpha value is -2.53. The smallest absolute Gasteiger partial charge is 0.223 e. The number of carbonyl (C=O) groups is 1. The molecule has 0 spiro atoms. The standard InChI is InChI=1S/C13H14N6O/c14-18-17-5-9-4-12(20)19(7-9)8-10-6-16-13-11(10)2-1-3-15-13/h1-3,6,9H,4-5,7-8H2,(H,15,16). The predicted molar refractivity (Wildman–Crippen MR) is 73.6 cm³/mol. The van der Waals surface area contributed by atoms with Crippen LogP contribution >= 0.6 is 0 Å². The molecule has 3 heterocycles. The molecule has 0 radical (unpaired) electrons. The molecule has 20 heavy (non-hydrogen) atoms. The summed E-state index contributed by atoms with van der Waals surface area (Å²) in [6.07, 6.45) is 4.09. The van der Waals surface area contributed by atoms with E-state index in [9.17, 15) is 4.79 Å². The van der Waals surface area contributed by atoms with E-state index in [0.29, 0.717) is 26.1 Å². The fraction of sp³-hybridized carbons (Fsp3) is 0.385. The molecule has 1 saturated heterocycles. The van der Waals surface area contributed by atoms with Gasteiger partial charge in [0, 0.05) is 48.7 Å². The molecule has 7 nitrogen and oxygen atoms in total. The minimum Gasteiger partial charge on any atom is -0.346 e. The second kappa shape index (κ2) is 5.22. The minimum absolute atomic E-state index is 0.112. The van der Waals surface area contributed by atoms with Crippen LogP contribution in [0.1, 0.15) is 12.0 Å². The second-order valence-corrected chi connectivity index (χ2v) is 4.97. The van der Waals surface area contributed by atoms with Crippen LogP contribution in [0.2, 0.25) is 0 Å². The Morgan fingerprint density at radius 3 is 3.35 bits per heavy atom. The van der Waals surface area contributed by atoms with Gasteiger partial charge in [0.1, 0.15) is 5.65 Å². The first kappa shape index (κ1) is 12.5. The highest BCUT2D eigenvalue weighted by molar-refractivity contribution is 5.82. The Balaban J connectivity index is 1.74. The van der Waals surface area contributed by atoms with E-state index < -0.39 is 0 Å². The molecule has 1 aliphatic heterocycles. The molecular weight excluding hydrogens is 256 g/mol. The van der Waals surface area contributed by atoms with Crippen molar-refractivity contribution in [2.24, 2.45) is 11.0 Å². The van der Waals surface area contributed by atoms with Crippen molar-refractivity contribution in [1.82, 2.24) is 14.9 Å². The summed E-state index contributed by atoms with van der Waals surface area (Å²) in [4.78, 5) is 23.9. The van der Waals surface area contributed by atoms with E-state index in [0.717, 1.165) is 16.6 Å². The van der Waals surface area contributed by atoms with Crippen LogP contribution in [0.5, 0.6) is 0 Å². The maximum absolute atomic E-state index is 12.0. The van der Waals surface area contributed by atoms with E-state index in [1.54, 1.807) is 6.20 Å². The van der Waals surface area contributed by atoms with E-state index in [4.69, 9.17) is 5.53 Å². The van der Waals surface area contributed by atoms with Gasteiger partial charge < -0.3 is 9.88 Å². The van der Waals surface area contributed by atoms with Gasteiger partial charge in [0.15, 0.2) is 0 Å². The summed E-state index contributed by atoms with van der Waals surface area (Å²) >= 11 is 0. The van der Waals surface area contributed by atoms with E-state index >= 15 is 0 Å². The SMILES string of the molecule is [N-]=[N+]=NCC1CC(=O)N(Cc2c[nH]c3ncccc23)C1. The number of hydrogen-bond acceptors (Lipinski definition) is 3. The zero-order chi connectivity index (χ0) is 13.9. The van der Waals surface area contributed by atoms with Crippen molar-refractivity contribution in [1.29, 1.82) is 0 Å². The van der Waals surface area contributed by atoms with Crippen molar-refractivity contribution in [2.45, 2.75) is 13.0 Å². The molecular formula is C13H14N6O. The molecule has 2 aromatic rings. The van der Waals surface area contributed by atoms with Crippen molar-refractivity contribution in [3.05, 3.63) is 40.5 Å². The molecule has 1 amide bonds. The van der Waals surface area contributed by atoms with Gasteiger partial charge in [-0.15, -0.1) is 0 Å². The van der Waals surface area contributed by atoms with E-state index in [2.05, 4.69) is 20.0 Å². The third-order valence-electron chi connectivity index (χ3n) is 3.60. The second-order valence-electron chi connectivity index (χ2n) is 4.97. The van der Waals surface area contributed by atoms with Gasteiger partial charge in [-0.25, -0.2) is 4.98 Å². The highest BCUT2D eigenvalue weighted by Gasteiger charge is 2.29. The minimum atomic E-state index is 0.112. The molecule has 1 atom stereocenters. The first-order valence-corrected chi connectivity index (χ1v) is 6.47. The Morgan fingerprint density at radius 1 is 1.60 bits per heavy atom. The molecule has 1 fully saturated rings. The zero-order valence-electron chi connectivity index (χ0n) is 10.9. The van der Waals surface area contributed by atoms with Crippen LogP contribution < -0.4 is 0 Å². The highest BCUT2D eigenvalue weighted by Crippen LogP contribution is 2.23. The van der Waals surface area contributed by atoms with Crippen molar-refractivity contribution < 1.29 is 4.79 Å². The lowest BCUT2D eigenvalue weighted by Gasteiger charge is -2.15. The maximum atomic E-state index is 12.0. The van der Waals surface area contributed by atoms with Gasteiger partial charge >= 0.3 is 0 Å². The number of aromatic nitrogens is 2. The van der Waals surface area contributed by atoms with Gasteiger partial charge in [-0.2, -0.15) is 0 Å². The topological polar surface area (TPSA) is 97.8 Å². The fourth-order valence-electron chi connectivity index (χ4n) is 2.63. The van der Waals surface area contributed by atoms with Gasteiger partial charge in [0.2, 0.25) is 5.91 Å². The summed E-state index contributed by atoms with van der Waals surface area (Å²) in [7, 11) is 0. The summed E-state index contributed by atoms with van der Waals surface area (Å²) in [6.45, 7) is 1.59. The lowest BCUT2D eigenvalue weighted by atomic mass is 10.1. The average Bonchev–Trinajstić information content (AvgIpc) is 3.02. The van der Waals surface area contributed by atoms with Gasteiger partial charge in [0.25, 0.3) is 0 Å². The summed E-state index contributed by atoms with van der Waals surface area (Å²) in [5.41, 5.74) is 10.2. The van der Waals surface area contributed by atoms with Gasteiger partial charge in [0.05, 0.1) is 0 Å². The number of carbonyl (C=O) groups excluding carboxylic acids is 1. The Kier molecular flexibility index (Phi) is 3.26. The van der Waals surface area contributed by atoms with Gasteiger partial charge in [-0.1, -0.05) is 5.11 Å². The first-order chi connectivity index (χ1) is 9.78. The molecule has 1 unspecified atom stereocenters. The van der Waals surface area contributed by atoms with Crippen LogP contribution in [0.15, 0.2) is 29.6 Å². The summed E-state index contributed by atoms with van der Waals surface area (Å²) in [5.74, 6) is 0.239. The molecule has 3 rings (SSSR count). The largest absolute Gasteiger partial charge is 0.346 e. The van der Waals surface area contributed by atoms with Crippen molar-refractivity contribution in [3.63, 3.8) is 0 Å². The lowest BCUT2D eigenvalue weighted by Crippen LogP contribution is -2.24. The van der Waals surface area contributed by atoms with E-state index in [1.165, 1.54) is 0 Å². The van der Waals surface area contributed by atoms with Gasteiger partial charge in [-0.3, -0.25) is 4.79 Å². The highest BCUT2D eigenvalue weighted by atomic mass is 16.2. The van der Waals surface area contributed by atoms with Crippen LogP contribution in [0, 0.1) is 5.92 Å². The fourth-order valence-corrected chi connectivity index (χ4v) is 2.63. The lowest BCUT2D eigenvalue weighted by molar-refractivity contribution is -0.128. The number of hydrogen-bond donors (Lipinski definition) is 1. The van der Waals surface area contributed by atoms with Crippen LogP contribution in [0.4, 0.5) is 0 Å². The number of pyridine rings is 1. The molecule has 0 bridgehead atoms.